The van der Waals surface area contributed by atoms with E-state index in [1.54, 1.807) is 25.7 Å². The van der Waals surface area contributed by atoms with Crippen LogP contribution in [0.5, 0.6) is 0 Å². The fraction of sp³-hybridized carbons (Fsp3) is 0.500. The van der Waals surface area contributed by atoms with Gasteiger partial charge in [0.1, 0.15) is 5.60 Å². The van der Waals surface area contributed by atoms with Gasteiger partial charge in [0.2, 0.25) is 0 Å². The Balaban J connectivity index is 1.84. The Morgan fingerprint density at radius 2 is 1.79 bits per heavy atom. The van der Waals surface area contributed by atoms with Gasteiger partial charge in [-0.25, -0.2) is 4.79 Å². The molecule has 0 N–H and O–H groups in total. The Morgan fingerprint density at radius 1 is 1.14 bits per heavy atom. The number of hydrogen-bond donors (Lipinski definition) is 0. The van der Waals surface area contributed by atoms with Gasteiger partial charge in [-0.1, -0.05) is 11.6 Å². The zero-order chi connectivity index (χ0) is 20.7. The van der Waals surface area contributed by atoms with Crippen molar-refractivity contribution in [1.82, 2.24) is 15.1 Å². The van der Waals surface area contributed by atoms with Crippen LogP contribution >= 0.6 is 11.6 Å². The molecule has 1 aliphatic heterocycles. The third kappa shape index (κ3) is 4.40. The molecule has 1 fully saturated rings. The zero-order valence-corrected chi connectivity index (χ0v) is 16.4. The number of benzene rings is 1. The number of piperazine rings is 1. The SMILES string of the molecule is CC(C)(C)OC(=O)N1CCN(c2cnnc3cc(Cl)c(C(F)(F)F)cc23)CC1. The average molecular weight is 417 g/mol. The number of fused-ring (bicyclic) bond motifs is 1. The number of anilines is 1. The number of amides is 1. The number of rotatable bonds is 1. The van der Waals surface area contributed by atoms with Gasteiger partial charge in [-0.05, 0) is 32.9 Å². The highest BCUT2D eigenvalue weighted by molar-refractivity contribution is 6.32. The molecule has 2 heterocycles. The van der Waals surface area contributed by atoms with E-state index in [0.717, 1.165) is 6.07 Å². The fourth-order valence-electron chi connectivity index (χ4n) is 2.99. The van der Waals surface area contributed by atoms with Gasteiger partial charge < -0.3 is 14.5 Å². The van der Waals surface area contributed by atoms with E-state index in [2.05, 4.69) is 10.2 Å². The highest BCUT2D eigenvalue weighted by atomic mass is 35.5. The van der Waals surface area contributed by atoms with Crippen molar-refractivity contribution in [2.24, 2.45) is 0 Å². The third-order valence-electron chi connectivity index (χ3n) is 4.28. The average Bonchev–Trinajstić information content (AvgIpc) is 2.58. The van der Waals surface area contributed by atoms with Crippen LogP contribution in [0.4, 0.5) is 23.7 Å². The Hall–Kier alpha value is -2.29. The van der Waals surface area contributed by atoms with E-state index in [0.29, 0.717) is 37.3 Å². The number of alkyl halides is 3. The van der Waals surface area contributed by atoms with Gasteiger partial charge in [0, 0.05) is 31.6 Å². The van der Waals surface area contributed by atoms with Crippen molar-refractivity contribution in [3.63, 3.8) is 0 Å². The Labute approximate surface area is 165 Å². The molecule has 1 aliphatic rings. The molecule has 1 aromatic heterocycles. The van der Waals surface area contributed by atoms with E-state index >= 15 is 0 Å². The summed E-state index contributed by atoms with van der Waals surface area (Å²) in [4.78, 5) is 15.6. The van der Waals surface area contributed by atoms with Gasteiger partial charge in [-0.3, -0.25) is 0 Å². The first-order chi connectivity index (χ1) is 13.0. The molecule has 152 valence electrons. The van der Waals surface area contributed by atoms with E-state index in [1.807, 2.05) is 4.90 Å². The number of ether oxygens (including phenoxy) is 1. The maximum absolute atomic E-state index is 13.2. The zero-order valence-electron chi connectivity index (χ0n) is 15.7. The fourth-order valence-corrected chi connectivity index (χ4v) is 3.26. The van der Waals surface area contributed by atoms with Crippen molar-refractivity contribution in [3.05, 3.63) is 28.9 Å². The lowest BCUT2D eigenvalue weighted by Gasteiger charge is -2.37. The second kappa shape index (κ2) is 7.27. The molecule has 1 saturated heterocycles. The largest absolute Gasteiger partial charge is 0.444 e. The first kappa shape index (κ1) is 20.4. The molecule has 0 radical (unpaired) electrons. The molecule has 0 saturated carbocycles. The maximum Gasteiger partial charge on any atom is 0.417 e. The van der Waals surface area contributed by atoms with Crippen molar-refractivity contribution >= 4 is 34.3 Å². The van der Waals surface area contributed by atoms with E-state index < -0.39 is 28.5 Å². The molecular weight excluding hydrogens is 397 g/mol. The van der Waals surface area contributed by atoms with E-state index in [1.165, 1.54) is 12.3 Å². The summed E-state index contributed by atoms with van der Waals surface area (Å²) in [5.74, 6) is 0. The van der Waals surface area contributed by atoms with Crippen LogP contribution in [0.1, 0.15) is 26.3 Å². The molecule has 28 heavy (non-hydrogen) atoms. The van der Waals surface area contributed by atoms with Crippen LogP contribution in [0.15, 0.2) is 18.3 Å². The van der Waals surface area contributed by atoms with Crippen molar-refractivity contribution in [2.75, 3.05) is 31.1 Å². The van der Waals surface area contributed by atoms with Crippen LogP contribution in [0.2, 0.25) is 5.02 Å². The van der Waals surface area contributed by atoms with Crippen molar-refractivity contribution in [2.45, 2.75) is 32.5 Å². The lowest BCUT2D eigenvalue weighted by molar-refractivity contribution is -0.137. The molecule has 0 spiro atoms. The first-order valence-electron chi connectivity index (χ1n) is 8.71. The summed E-state index contributed by atoms with van der Waals surface area (Å²) in [6.45, 7) is 7.02. The summed E-state index contributed by atoms with van der Waals surface area (Å²) in [5, 5.41) is 7.68. The number of halogens is 4. The predicted molar refractivity (Wildman–Crippen MR) is 99.6 cm³/mol. The third-order valence-corrected chi connectivity index (χ3v) is 4.60. The molecule has 10 heteroatoms. The number of carbonyl (C=O) groups excluding carboxylic acids is 1. The molecule has 0 unspecified atom stereocenters. The second-order valence-corrected chi connectivity index (χ2v) is 7.94. The molecule has 0 aliphatic carbocycles. The van der Waals surface area contributed by atoms with Crippen LogP contribution in [-0.4, -0.2) is 53.0 Å². The van der Waals surface area contributed by atoms with E-state index in [-0.39, 0.29) is 5.52 Å². The van der Waals surface area contributed by atoms with Crippen molar-refractivity contribution < 1.29 is 22.7 Å². The topological polar surface area (TPSA) is 58.6 Å². The van der Waals surface area contributed by atoms with Crippen LogP contribution in [0.25, 0.3) is 10.9 Å². The summed E-state index contributed by atoms with van der Waals surface area (Å²) in [6, 6.07) is 2.18. The number of hydrogen-bond acceptors (Lipinski definition) is 5. The summed E-state index contributed by atoms with van der Waals surface area (Å²) < 4.78 is 45.1. The molecule has 0 bridgehead atoms. The molecule has 1 amide bonds. The lowest BCUT2D eigenvalue weighted by atomic mass is 10.1. The molecule has 0 atom stereocenters. The van der Waals surface area contributed by atoms with Crippen molar-refractivity contribution in [3.8, 4) is 0 Å². The minimum absolute atomic E-state index is 0.282. The Bertz CT molecular complexity index is 891. The molecular formula is C18H20ClF3N4O2. The summed E-state index contributed by atoms with van der Waals surface area (Å²) in [6.07, 6.45) is -3.54. The smallest absolute Gasteiger partial charge is 0.417 e. The molecule has 6 nitrogen and oxygen atoms in total. The minimum atomic E-state index is -4.57. The molecule has 1 aromatic carbocycles. The highest BCUT2D eigenvalue weighted by Gasteiger charge is 2.34. The van der Waals surface area contributed by atoms with Gasteiger partial charge in [0.05, 0.1) is 28.0 Å². The predicted octanol–water partition coefficient (Wildman–Crippen LogP) is 4.36. The van der Waals surface area contributed by atoms with Gasteiger partial charge in [0.15, 0.2) is 0 Å². The van der Waals surface area contributed by atoms with E-state index in [4.69, 9.17) is 16.3 Å². The summed E-state index contributed by atoms with van der Waals surface area (Å²) in [7, 11) is 0. The van der Waals surface area contributed by atoms with Gasteiger partial charge in [0.25, 0.3) is 0 Å². The molecule has 2 aromatic rings. The van der Waals surface area contributed by atoms with Gasteiger partial charge in [-0.15, -0.1) is 0 Å². The second-order valence-electron chi connectivity index (χ2n) is 7.53. The van der Waals surface area contributed by atoms with Gasteiger partial charge >= 0.3 is 12.3 Å². The van der Waals surface area contributed by atoms with Crippen LogP contribution in [0, 0.1) is 0 Å². The van der Waals surface area contributed by atoms with Crippen LogP contribution in [-0.2, 0) is 10.9 Å². The number of aromatic nitrogens is 2. The van der Waals surface area contributed by atoms with Gasteiger partial charge in [-0.2, -0.15) is 23.4 Å². The van der Waals surface area contributed by atoms with Crippen LogP contribution in [0.3, 0.4) is 0 Å². The monoisotopic (exact) mass is 416 g/mol. The first-order valence-corrected chi connectivity index (χ1v) is 9.08. The lowest BCUT2D eigenvalue weighted by Crippen LogP contribution is -2.50. The minimum Gasteiger partial charge on any atom is -0.444 e. The molecule has 3 rings (SSSR count). The number of nitrogens with zero attached hydrogens (tertiary/aromatic N) is 4. The van der Waals surface area contributed by atoms with Crippen molar-refractivity contribution in [1.29, 1.82) is 0 Å². The quantitative estimate of drug-likeness (QED) is 0.691. The Kier molecular flexibility index (Phi) is 5.31. The summed E-state index contributed by atoms with van der Waals surface area (Å²) in [5.41, 5.74) is -0.698. The van der Waals surface area contributed by atoms with E-state index in [9.17, 15) is 18.0 Å². The number of carbonyl (C=O) groups is 1. The van der Waals surface area contributed by atoms with Crippen LogP contribution < -0.4 is 4.90 Å². The maximum atomic E-state index is 13.2. The Morgan fingerprint density at radius 3 is 2.36 bits per heavy atom. The summed E-state index contributed by atoms with van der Waals surface area (Å²) >= 11 is 5.77. The standard InChI is InChI=1S/C18H20ClF3N4O2/c1-17(2,3)28-16(27)26-6-4-25(5-7-26)15-10-23-24-14-9-13(19)12(8-11(14)15)18(20,21)22/h8-10H,4-7H2,1-3H3. The highest BCUT2D eigenvalue weighted by Crippen LogP contribution is 2.38. The normalized spacial score (nSPS) is 15.8.